The number of hydrogen-bond acceptors (Lipinski definition) is 4. The molecule has 0 aromatic heterocycles. The molecule has 1 aliphatic rings. The van der Waals surface area contributed by atoms with Crippen LogP contribution in [0.2, 0.25) is 0 Å². The summed E-state index contributed by atoms with van der Waals surface area (Å²) in [5.74, 6) is 2.54. The monoisotopic (exact) mass is 301 g/mol. The summed E-state index contributed by atoms with van der Waals surface area (Å²) in [5.41, 5.74) is 5.83. The molecule has 1 heterocycles. The van der Waals surface area contributed by atoms with E-state index in [-0.39, 0.29) is 11.9 Å². The average molecular weight is 302 g/mol. The Morgan fingerprint density at radius 1 is 1.40 bits per heavy atom. The first-order valence-corrected chi connectivity index (χ1v) is 9.17. The second kappa shape index (κ2) is 9.64. The van der Waals surface area contributed by atoms with Crippen LogP contribution in [0.1, 0.15) is 33.1 Å². The van der Waals surface area contributed by atoms with E-state index in [2.05, 4.69) is 24.1 Å². The van der Waals surface area contributed by atoms with Crippen LogP contribution < -0.4 is 11.1 Å². The smallest absolute Gasteiger partial charge is 0.236 e. The van der Waals surface area contributed by atoms with Gasteiger partial charge in [-0.15, -0.1) is 0 Å². The second-order valence-corrected chi connectivity index (χ2v) is 7.22. The van der Waals surface area contributed by atoms with E-state index < -0.39 is 0 Å². The van der Waals surface area contributed by atoms with E-state index >= 15 is 0 Å². The highest BCUT2D eigenvalue weighted by atomic mass is 32.2. The Labute approximate surface area is 128 Å². The van der Waals surface area contributed by atoms with E-state index in [0.717, 1.165) is 43.5 Å². The van der Waals surface area contributed by atoms with Crippen LogP contribution in [0, 0.1) is 11.8 Å². The lowest BCUT2D eigenvalue weighted by atomic mass is 9.92. The number of nitrogens with one attached hydrogen (secondary N) is 1. The molecular formula is C15H31N3OS. The molecule has 0 aromatic rings. The van der Waals surface area contributed by atoms with Crippen molar-refractivity contribution in [3.8, 4) is 0 Å². The molecule has 5 heteroatoms. The molecule has 0 radical (unpaired) electrons. The molecule has 1 amide bonds. The van der Waals surface area contributed by atoms with E-state index in [1.165, 1.54) is 19.5 Å². The topological polar surface area (TPSA) is 58.4 Å². The fourth-order valence-electron chi connectivity index (χ4n) is 3.00. The van der Waals surface area contributed by atoms with Gasteiger partial charge in [-0.1, -0.05) is 13.8 Å². The SMILES string of the molecule is CSCC[C@H](N)C(=O)NCCCN1CC(C)CC(C)C1. The van der Waals surface area contributed by atoms with Crippen LogP contribution in [-0.4, -0.2) is 55.0 Å². The van der Waals surface area contributed by atoms with Crippen LogP contribution in [-0.2, 0) is 4.79 Å². The Balaban J connectivity index is 2.10. The Kier molecular flexibility index (Phi) is 8.57. The molecule has 3 atom stereocenters. The van der Waals surface area contributed by atoms with Crippen molar-refractivity contribution >= 4 is 17.7 Å². The number of carbonyl (C=O) groups excluding carboxylic acids is 1. The summed E-state index contributed by atoms with van der Waals surface area (Å²) in [7, 11) is 0. The molecule has 1 fully saturated rings. The summed E-state index contributed by atoms with van der Waals surface area (Å²) >= 11 is 1.73. The Morgan fingerprint density at radius 3 is 2.65 bits per heavy atom. The first-order chi connectivity index (χ1) is 9.52. The average Bonchev–Trinajstić information content (AvgIpc) is 2.39. The fraction of sp³-hybridized carbons (Fsp3) is 0.933. The zero-order valence-corrected chi connectivity index (χ0v) is 14.0. The molecule has 20 heavy (non-hydrogen) atoms. The number of likely N-dealkylation sites (tertiary alicyclic amines) is 1. The first kappa shape index (κ1) is 17.8. The van der Waals surface area contributed by atoms with Gasteiger partial charge in [-0.05, 0) is 49.7 Å². The van der Waals surface area contributed by atoms with Crippen molar-refractivity contribution in [3.63, 3.8) is 0 Å². The van der Waals surface area contributed by atoms with E-state index in [9.17, 15) is 4.79 Å². The molecule has 3 N–H and O–H groups in total. The van der Waals surface area contributed by atoms with Gasteiger partial charge in [0.25, 0.3) is 0 Å². The van der Waals surface area contributed by atoms with E-state index in [1.807, 2.05) is 6.26 Å². The van der Waals surface area contributed by atoms with E-state index in [4.69, 9.17) is 5.73 Å². The minimum absolute atomic E-state index is 0.000528. The van der Waals surface area contributed by atoms with Crippen LogP contribution in [0.5, 0.6) is 0 Å². The predicted octanol–water partition coefficient (Wildman–Crippen LogP) is 1.55. The van der Waals surface area contributed by atoms with Crippen molar-refractivity contribution in [1.29, 1.82) is 0 Å². The lowest BCUT2D eigenvalue weighted by Gasteiger charge is -2.34. The van der Waals surface area contributed by atoms with Gasteiger partial charge in [0, 0.05) is 19.6 Å². The van der Waals surface area contributed by atoms with Gasteiger partial charge in [-0.25, -0.2) is 0 Å². The molecule has 0 spiro atoms. The van der Waals surface area contributed by atoms with Gasteiger partial charge in [-0.2, -0.15) is 11.8 Å². The molecule has 2 unspecified atom stereocenters. The summed E-state index contributed by atoms with van der Waals surface area (Å²) < 4.78 is 0. The van der Waals surface area contributed by atoms with Crippen LogP contribution in [0.4, 0.5) is 0 Å². The third kappa shape index (κ3) is 6.95. The molecule has 1 aliphatic heterocycles. The maximum Gasteiger partial charge on any atom is 0.236 e. The summed E-state index contributed by atoms with van der Waals surface area (Å²) in [5, 5.41) is 2.95. The number of nitrogens with two attached hydrogens (primary N) is 1. The van der Waals surface area contributed by atoms with Gasteiger partial charge >= 0.3 is 0 Å². The zero-order valence-electron chi connectivity index (χ0n) is 13.2. The van der Waals surface area contributed by atoms with Crippen LogP contribution in [0.3, 0.4) is 0 Å². The van der Waals surface area contributed by atoms with Crippen molar-refractivity contribution in [2.45, 2.75) is 39.2 Å². The molecule has 1 saturated heterocycles. The number of amides is 1. The van der Waals surface area contributed by atoms with Crippen LogP contribution in [0.25, 0.3) is 0 Å². The zero-order chi connectivity index (χ0) is 15.0. The number of nitrogens with zero attached hydrogens (tertiary/aromatic N) is 1. The summed E-state index contributed by atoms with van der Waals surface area (Å²) in [6.07, 6.45) is 5.15. The quantitative estimate of drug-likeness (QED) is 0.668. The number of rotatable bonds is 8. The summed E-state index contributed by atoms with van der Waals surface area (Å²) in [6.45, 7) is 8.88. The lowest BCUT2D eigenvalue weighted by Crippen LogP contribution is -2.43. The van der Waals surface area contributed by atoms with Gasteiger partial charge in [0.2, 0.25) is 5.91 Å². The standard InChI is InChI=1S/C15H31N3OS/c1-12-9-13(2)11-18(10-12)7-4-6-17-15(19)14(16)5-8-20-3/h12-14H,4-11,16H2,1-3H3,(H,17,19)/t12?,13?,14-/m0/s1. The summed E-state index contributed by atoms with van der Waals surface area (Å²) in [4.78, 5) is 14.3. The molecule has 0 aromatic carbocycles. The molecule has 0 aliphatic carbocycles. The minimum atomic E-state index is -0.350. The lowest BCUT2D eigenvalue weighted by molar-refractivity contribution is -0.122. The minimum Gasteiger partial charge on any atom is -0.355 e. The highest BCUT2D eigenvalue weighted by Crippen LogP contribution is 2.20. The fourth-order valence-corrected chi connectivity index (χ4v) is 3.49. The highest BCUT2D eigenvalue weighted by molar-refractivity contribution is 7.98. The van der Waals surface area contributed by atoms with Crippen LogP contribution in [0.15, 0.2) is 0 Å². The largest absolute Gasteiger partial charge is 0.355 e. The molecule has 118 valence electrons. The van der Waals surface area contributed by atoms with Crippen molar-refractivity contribution in [2.24, 2.45) is 17.6 Å². The van der Waals surface area contributed by atoms with Crippen molar-refractivity contribution < 1.29 is 4.79 Å². The van der Waals surface area contributed by atoms with Crippen molar-refractivity contribution in [3.05, 3.63) is 0 Å². The van der Waals surface area contributed by atoms with Crippen molar-refractivity contribution in [2.75, 3.05) is 38.2 Å². The third-order valence-corrected chi connectivity index (χ3v) is 4.51. The Hall–Kier alpha value is -0.260. The second-order valence-electron chi connectivity index (χ2n) is 6.24. The number of thioether (sulfide) groups is 1. The number of carbonyl (C=O) groups is 1. The van der Waals surface area contributed by atoms with Gasteiger partial charge in [0.1, 0.15) is 0 Å². The van der Waals surface area contributed by atoms with E-state index in [1.54, 1.807) is 11.8 Å². The normalized spacial score (nSPS) is 25.4. The molecule has 4 nitrogen and oxygen atoms in total. The molecule has 0 bridgehead atoms. The molecule has 0 saturated carbocycles. The van der Waals surface area contributed by atoms with Gasteiger partial charge in [0.05, 0.1) is 6.04 Å². The maximum atomic E-state index is 11.7. The van der Waals surface area contributed by atoms with Crippen molar-refractivity contribution in [1.82, 2.24) is 10.2 Å². The van der Waals surface area contributed by atoms with Crippen LogP contribution >= 0.6 is 11.8 Å². The first-order valence-electron chi connectivity index (χ1n) is 7.77. The maximum absolute atomic E-state index is 11.7. The predicted molar refractivity (Wildman–Crippen MR) is 88.0 cm³/mol. The van der Waals surface area contributed by atoms with Gasteiger partial charge < -0.3 is 16.0 Å². The number of piperidine rings is 1. The van der Waals surface area contributed by atoms with Gasteiger partial charge in [0.15, 0.2) is 0 Å². The third-order valence-electron chi connectivity index (χ3n) is 3.86. The molecular weight excluding hydrogens is 270 g/mol. The Morgan fingerprint density at radius 2 is 2.05 bits per heavy atom. The Bertz CT molecular complexity index is 278. The molecule has 1 rings (SSSR count). The van der Waals surface area contributed by atoms with E-state index in [0.29, 0.717) is 0 Å². The summed E-state index contributed by atoms with van der Waals surface area (Å²) in [6, 6.07) is -0.350. The highest BCUT2D eigenvalue weighted by Gasteiger charge is 2.21. The number of hydrogen-bond donors (Lipinski definition) is 2. The van der Waals surface area contributed by atoms with Gasteiger partial charge in [-0.3, -0.25) is 4.79 Å².